The van der Waals surface area contributed by atoms with Gasteiger partial charge < -0.3 is 5.32 Å². The highest BCUT2D eigenvalue weighted by molar-refractivity contribution is 5.59. The molecule has 0 unspecified atom stereocenters. The second-order valence-corrected chi connectivity index (χ2v) is 8.17. The summed E-state index contributed by atoms with van der Waals surface area (Å²) in [5.74, 6) is 1.35. The van der Waals surface area contributed by atoms with Crippen LogP contribution >= 0.6 is 0 Å². The molecule has 0 aliphatic carbocycles. The van der Waals surface area contributed by atoms with Gasteiger partial charge in [0.25, 0.3) is 0 Å². The fourth-order valence-electron chi connectivity index (χ4n) is 4.11. The lowest BCUT2D eigenvalue weighted by molar-refractivity contribution is 0.198. The lowest BCUT2D eigenvalue weighted by Crippen LogP contribution is -2.34. The predicted octanol–water partition coefficient (Wildman–Crippen LogP) is 4.26. The van der Waals surface area contributed by atoms with Gasteiger partial charge in [0, 0.05) is 60.6 Å². The fraction of sp³-hybridized carbons (Fsp3) is 0.435. The van der Waals surface area contributed by atoms with Gasteiger partial charge in [0.15, 0.2) is 0 Å². The maximum Gasteiger partial charge on any atom is 0.133 e. The number of pyridine rings is 2. The van der Waals surface area contributed by atoms with E-state index in [9.17, 15) is 0 Å². The minimum absolute atomic E-state index is 0.450. The largest absolute Gasteiger partial charge is 0.340 e. The zero-order chi connectivity index (χ0) is 20.4. The molecule has 1 saturated heterocycles. The topological polar surface area (TPSA) is 58.9 Å². The second-order valence-electron chi connectivity index (χ2n) is 8.17. The molecule has 0 bridgehead atoms. The maximum absolute atomic E-state index is 4.88. The molecule has 3 aromatic heterocycles. The van der Waals surface area contributed by atoms with Gasteiger partial charge in [0.1, 0.15) is 5.82 Å². The van der Waals surface area contributed by atoms with Crippen LogP contribution in [0.25, 0.3) is 0 Å². The molecule has 1 aliphatic rings. The van der Waals surface area contributed by atoms with E-state index >= 15 is 0 Å². The zero-order valence-electron chi connectivity index (χ0n) is 17.8. The number of nitrogens with zero attached hydrogens (tertiary/aromatic N) is 5. The van der Waals surface area contributed by atoms with Gasteiger partial charge in [-0.3, -0.25) is 14.6 Å². The van der Waals surface area contributed by atoms with Gasteiger partial charge in [-0.2, -0.15) is 5.10 Å². The van der Waals surface area contributed by atoms with E-state index in [0.29, 0.717) is 5.92 Å². The Balaban J connectivity index is 1.50. The van der Waals surface area contributed by atoms with E-state index in [4.69, 9.17) is 4.98 Å². The van der Waals surface area contributed by atoms with Crippen LogP contribution in [0.1, 0.15) is 47.0 Å². The molecule has 0 radical (unpaired) electrons. The van der Waals surface area contributed by atoms with Crippen molar-refractivity contribution in [1.82, 2.24) is 24.6 Å². The molecule has 6 nitrogen and oxygen atoms in total. The molecular formula is C23H30N6. The molecule has 1 atom stereocenters. The number of piperidine rings is 1. The molecule has 0 saturated carbocycles. The maximum atomic E-state index is 4.88. The number of rotatable bonds is 5. The van der Waals surface area contributed by atoms with Crippen LogP contribution in [0, 0.1) is 20.8 Å². The average molecular weight is 391 g/mol. The van der Waals surface area contributed by atoms with Gasteiger partial charge in [0.05, 0.1) is 6.20 Å². The molecule has 1 aliphatic heterocycles. The summed E-state index contributed by atoms with van der Waals surface area (Å²) < 4.78 is 1.95. The molecule has 0 spiro atoms. The van der Waals surface area contributed by atoms with Crippen LogP contribution in [0.2, 0.25) is 0 Å². The molecule has 29 heavy (non-hydrogen) atoms. The minimum atomic E-state index is 0.450. The third kappa shape index (κ3) is 4.48. The van der Waals surface area contributed by atoms with Crippen molar-refractivity contribution in [2.45, 2.75) is 46.1 Å². The average Bonchev–Trinajstić information content (AvgIpc) is 3.02. The Labute approximate surface area is 173 Å². The Morgan fingerprint density at radius 2 is 2.07 bits per heavy atom. The molecule has 6 heteroatoms. The zero-order valence-corrected chi connectivity index (χ0v) is 17.8. The van der Waals surface area contributed by atoms with Crippen molar-refractivity contribution in [2.75, 3.05) is 18.4 Å². The summed E-state index contributed by atoms with van der Waals surface area (Å²) >= 11 is 0. The molecule has 1 N–H and O–H groups in total. The van der Waals surface area contributed by atoms with E-state index in [1.807, 2.05) is 30.2 Å². The van der Waals surface area contributed by atoms with Gasteiger partial charge in [-0.25, -0.2) is 4.98 Å². The number of anilines is 2. The monoisotopic (exact) mass is 390 g/mol. The summed E-state index contributed by atoms with van der Waals surface area (Å²) in [6.45, 7) is 9.41. The highest BCUT2D eigenvalue weighted by atomic mass is 15.3. The highest BCUT2D eigenvalue weighted by Crippen LogP contribution is 2.29. The van der Waals surface area contributed by atoms with Gasteiger partial charge in [-0.05, 0) is 63.9 Å². The second kappa shape index (κ2) is 8.33. The van der Waals surface area contributed by atoms with E-state index in [1.165, 1.54) is 29.8 Å². The van der Waals surface area contributed by atoms with E-state index < -0.39 is 0 Å². The molecule has 0 aromatic carbocycles. The van der Waals surface area contributed by atoms with Gasteiger partial charge in [0.2, 0.25) is 0 Å². The standard InChI is InChI=1S/C23H30N6/c1-16-7-5-9-24-23(16)27-21-11-17(2)26-22(12-21)19-8-6-10-29(14-19)15-20-13-25-28(4)18(20)3/h5,7,9,11-13,19H,6,8,10,14-15H2,1-4H3,(H,24,26,27)/t19-/m1/s1. The van der Waals surface area contributed by atoms with E-state index in [0.717, 1.165) is 42.4 Å². The molecule has 1 fully saturated rings. The Bertz CT molecular complexity index is 993. The first kappa shape index (κ1) is 19.6. The Morgan fingerprint density at radius 3 is 2.83 bits per heavy atom. The van der Waals surface area contributed by atoms with E-state index in [-0.39, 0.29) is 0 Å². The number of likely N-dealkylation sites (tertiary alicyclic amines) is 1. The van der Waals surface area contributed by atoms with Crippen LogP contribution in [-0.4, -0.2) is 37.7 Å². The summed E-state index contributed by atoms with van der Waals surface area (Å²) in [5, 5.41) is 7.87. The van der Waals surface area contributed by atoms with Gasteiger partial charge >= 0.3 is 0 Å². The highest BCUT2D eigenvalue weighted by Gasteiger charge is 2.24. The predicted molar refractivity (Wildman–Crippen MR) is 116 cm³/mol. The minimum Gasteiger partial charge on any atom is -0.340 e. The van der Waals surface area contributed by atoms with Crippen molar-refractivity contribution >= 4 is 11.5 Å². The van der Waals surface area contributed by atoms with Gasteiger partial charge in [-0.1, -0.05) is 6.07 Å². The van der Waals surface area contributed by atoms with Crippen molar-refractivity contribution in [3.63, 3.8) is 0 Å². The molecule has 4 heterocycles. The Hall–Kier alpha value is -2.73. The quantitative estimate of drug-likeness (QED) is 0.705. The number of nitrogens with one attached hydrogen (secondary N) is 1. The first-order valence-corrected chi connectivity index (χ1v) is 10.4. The summed E-state index contributed by atoms with van der Waals surface area (Å²) in [5.41, 5.74) is 6.98. The molecular weight excluding hydrogens is 360 g/mol. The molecule has 152 valence electrons. The van der Waals surface area contributed by atoms with Crippen LogP contribution in [0.15, 0.2) is 36.7 Å². The summed E-state index contributed by atoms with van der Waals surface area (Å²) in [7, 11) is 2.01. The van der Waals surface area contributed by atoms with Crippen LogP contribution in [0.4, 0.5) is 11.5 Å². The third-order valence-corrected chi connectivity index (χ3v) is 5.90. The number of aromatic nitrogens is 4. The Morgan fingerprint density at radius 1 is 1.21 bits per heavy atom. The SMILES string of the molecule is Cc1cc(Nc2ncccc2C)cc([C@@H]2CCCN(Cc3cnn(C)c3C)C2)n1. The van der Waals surface area contributed by atoms with Crippen LogP contribution in [-0.2, 0) is 13.6 Å². The number of aryl methyl sites for hydroxylation is 3. The van der Waals surface area contributed by atoms with E-state index in [1.54, 1.807) is 0 Å². The lowest BCUT2D eigenvalue weighted by Gasteiger charge is -2.32. The van der Waals surface area contributed by atoms with Crippen LogP contribution < -0.4 is 5.32 Å². The van der Waals surface area contributed by atoms with E-state index in [2.05, 4.69) is 59.3 Å². The third-order valence-electron chi connectivity index (χ3n) is 5.90. The summed E-state index contributed by atoms with van der Waals surface area (Å²) in [4.78, 5) is 11.9. The van der Waals surface area contributed by atoms with Crippen LogP contribution in [0.5, 0.6) is 0 Å². The first-order chi connectivity index (χ1) is 14.0. The van der Waals surface area contributed by atoms with Crippen molar-refractivity contribution in [1.29, 1.82) is 0 Å². The number of hydrogen-bond donors (Lipinski definition) is 1. The normalized spacial score (nSPS) is 17.4. The number of hydrogen-bond acceptors (Lipinski definition) is 5. The van der Waals surface area contributed by atoms with Crippen molar-refractivity contribution < 1.29 is 0 Å². The smallest absolute Gasteiger partial charge is 0.133 e. The fourth-order valence-corrected chi connectivity index (χ4v) is 4.11. The Kier molecular flexibility index (Phi) is 5.62. The van der Waals surface area contributed by atoms with Gasteiger partial charge in [-0.15, -0.1) is 0 Å². The lowest BCUT2D eigenvalue weighted by atomic mass is 9.93. The molecule has 3 aromatic rings. The molecule has 4 rings (SSSR count). The van der Waals surface area contributed by atoms with Crippen molar-refractivity contribution in [3.05, 3.63) is 64.9 Å². The summed E-state index contributed by atoms with van der Waals surface area (Å²) in [6, 6.07) is 8.33. The van der Waals surface area contributed by atoms with Crippen molar-refractivity contribution in [2.24, 2.45) is 7.05 Å². The molecule has 0 amide bonds. The van der Waals surface area contributed by atoms with Crippen molar-refractivity contribution in [3.8, 4) is 0 Å². The summed E-state index contributed by atoms with van der Waals surface area (Å²) in [6.07, 6.45) is 6.20. The first-order valence-electron chi connectivity index (χ1n) is 10.4. The van der Waals surface area contributed by atoms with Crippen LogP contribution in [0.3, 0.4) is 0 Å².